The highest BCUT2D eigenvalue weighted by Gasteiger charge is 2.14. The molecule has 0 radical (unpaired) electrons. The summed E-state index contributed by atoms with van der Waals surface area (Å²) in [5, 5.41) is 6.51. The first-order valence-corrected chi connectivity index (χ1v) is 8.13. The highest BCUT2D eigenvalue weighted by molar-refractivity contribution is 5.67. The van der Waals surface area contributed by atoms with Gasteiger partial charge in [-0.1, -0.05) is 13.8 Å². The number of nitrogens with one attached hydrogen (secondary N) is 2. The van der Waals surface area contributed by atoms with E-state index in [9.17, 15) is 0 Å². The minimum Gasteiger partial charge on any atom is -0.493 e. The number of ether oxygens (including phenoxy) is 3. The van der Waals surface area contributed by atoms with Crippen molar-refractivity contribution in [3.8, 4) is 17.2 Å². The van der Waals surface area contributed by atoms with Crippen molar-refractivity contribution in [2.45, 2.75) is 20.8 Å². The number of aromatic nitrogens is 2. The average Bonchev–Trinajstić information content (AvgIpc) is 2.58. The van der Waals surface area contributed by atoms with E-state index in [1.807, 2.05) is 25.1 Å². The standard InChI is InChI=1S/C18H26N4O3/c1-11(2)10-19-18-20-12(3)7-16(22-18)21-13-8-14(23-4)17(25-6)15(9-13)24-5/h7-9,11H,10H2,1-6H3,(H2,19,20,21,22). The Morgan fingerprint density at radius 3 is 2.12 bits per heavy atom. The summed E-state index contributed by atoms with van der Waals surface area (Å²) in [5.74, 6) is 3.50. The smallest absolute Gasteiger partial charge is 0.224 e. The Labute approximate surface area is 148 Å². The third kappa shape index (κ3) is 4.89. The zero-order valence-electron chi connectivity index (χ0n) is 15.6. The molecule has 0 saturated heterocycles. The molecule has 2 N–H and O–H groups in total. The Balaban J connectivity index is 2.29. The lowest BCUT2D eigenvalue weighted by atomic mass is 10.2. The summed E-state index contributed by atoms with van der Waals surface area (Å²) in [6, 6.07) is 5.55. The molecule has 1 aromatic heterocycles. The number of anilines is 3. The third-order valence-electron chi connectivity index (χ3n) is 3.46. The van der Waals surface area contributed by atoms with Crippen LogP contribution in [-0.2, 0) is 0 Å². The zero-order valence-corrected chi connectivity index (χ0v) is 15.6. The maximum atomic E-state index is 5.38. The molecule has 0 fully saturated rings. The van der Waals surface area contributed by atoms with Crippen molar-refractivity contribution in [3.63, 3.8) is 0 Å². The van der Waals surface area contributed by atoms with E-state index in [0.29, 0.717) is 34.9 Å². The van der Waals surface area contributed by atoms with E-state index in [1.165, 1.54) is 0 Å². The van der Waals surface area contributed by atoms with Gasteiger partial charge in [-0.15, -0.1) is 0 Å². The van der Waals surface area contributed by atoms with Crippen LogP contribution in [0.3, 0.4) is 0 Å². The molecule has 0 aliphatic heterocycles. The van der Waals surface area contributed by atoms with E-state index < -0.39 is 0 Å². The molecule has 0 saturated carbocycles. The van der Waals surface area contributed by atoms with E-state index in [1.54, 1.807) is 21.3 Å². The summed E-state index contributed by atoms with van der Waals surface area (Å²) in [6.45, 7) is 7.02. The van der Waals surface area contributed by atoms with Gasteiger partial charge in [-0.2, -0.15) is 4.98 Å². The van der Waals surface area contributed by atoms with Gasteiger partial charge in [0.05, 0.1) is 21.3 Å². The fourth-order valence-electron chi connectivity index (χ4n) is 2.31. The lowest BCUT2D eigenvalue weighted by Gasteiger charge is -2.15. The molecule has 0 amide bonds. The van der Waals surface area contributed by atoms with E-state index in [-0.39, 0.29) is 0 Å². The van der Waals surface area contributed by atoms with Crippen molar-refractivity contribution in [3.05, 3.63) is 23.9 Å². The number of hydrogen-bond donors (Lipinski definition) is 2. The Morgan fingerprint density at radius 1 is 0.960 bits per heavy atom. The molecule has 0 bridgehead atoms. The molecule has 0 atom stereocenters. The topological polar surface area (TPSA) is 77.5 Å². The summed E-state index contributed by atoms with van der Waals surface area (Å²) in [4.78, 5) is 8.92. The summed E-state index contributed by atoms with van der Waals surface area (Å²) in [5.41, 5.74) is 1.65. The van der Waals surface area contributed by atoms with Gasteiger partial charge in [-0.3, -0.25) is 0 Å². The second-order valence-corrected chi connectivity index (χ2v) is 6.03. The predicted molar refractivity (Wildman–Crippen MR) is 99.5 cm³/mol. The van der Waals surface area contributed by atoms with Crippen LogP contribution in [0.25, 0.3) is 0 Å². The van der Waals surface area contributed by atoms with Crippen LogP contribution in [0, 0.1) is 12.8 Å². The van der Waals surface area contributed by atoms with Crippen LogP contribution in [0.2, 0.25) is 0 Å². The monoisotopic (exact) mass is 346 g/mol. The SMILES string of the molecule is COc1cc(Nc2cc(C)nc(NCC(C)C)n2)cc(OC)c1OC. The van der Waals surface area contributed by atoms with Crippen LogP contribution in [0.5, 0.6) is 17.2 Å². The van der Waals surface area contributed by atoms with Gasteiger partial charge in [0, 0.05) is 36.1 Å². The molecule has 0 spiro atoms. The third-order valence-corrected chi connectivity index (χ3v) is 3.46. The maximum absolute atomic E-state index is 5.38. The fraction of sp³-hybridized carbons (Fsp3) is 0.444. The molecule has 0 unspecified atom stereocenters. The minimum atomic E-state index is 0.510. The first-order chi connectivity index (χ1) is 12.0. The Bertz CT molecular complexity index is 694. The quantitative estimate of drug-likeness (QED) is 0.756. The number of nitrogens with zero attached hydrogens (tertiary/aromatic N) is 2. The molecule has 1 aromatic carbocycles. The molecule has 2 aromatic rings. The van der Waals surface area contributed by atoms with Crippen molar-refractivity contribution in [2.75, 3.05) is 38.5 Å². The molecule has 0 aliphatic carbocycles. The molecular formula is C18H26N4O3. The lowest BCUT2D eigenvalue weighted by molar-refractivity contribution is 0.324. The van der Waals surface area contributed by atoms with Gasteiger partial charge in [-0.25, -0.2) is 4.98 Å². The normalized spacial score (nSPS) is 10.5. The van der Waals surface area contributed by atoms with Crippen molar-refractivity contribution >= 4 is 17.5 Å². The second-order valence-electron chi connectivity index (χ2n) is 6.03. The van der Waals surface area contributed by atoms with Crippen LogP contribution < -0.4 is 24.8 Å². The number of benzene rings is 1. The summed E-state index contributed by atoms with van der Waals surface area (Å²) in [7, 11) is 4.75. The summed E-state index contributed by atoms with van der Waals surface area (Å²) < 4.78 is 16.1. The average molecular weight is 346 g/mol. The van der Waals surface area contributed by atoms with Crippen molar-refractivity contribution < 1.29 is 14.2 Å². The molecule has 0 aliphatic rings. The lowest BCUT2D eigenvalue weighted by Crippen LogP contribution is -2.11. The van der Waals surface area contributed by atoms with Crippen molar-refractivity contribution in [2.24, 2.45) is 5.92 Å². The molecule has 7 nitrogen and oxygen atoms in total. The molecule has 136 valence electrons. The summed E-state index contributed by atoms with van der Waals surface area (Å²) in [6.07, 6.45) is 0. The van der Waals surface area contributed by atoms with Gasteiger partial charge < -0.3 is 24.8 Å². The molecule has 2 rings (SSSR count). The first kappa shape index (κ1) is 18.6. The van der Waals surface area contributed by atoms with Gasteiger partial charge in [0.15, 0.2) is 11.5 Å². The van der Waals surface area contributed by atoms with E-state index in [4.69, 9.17) is 14.2 Å². The molecule has 25 heavy (non-hydrogen) atoms. The number of methoxy groups -OCH3 is 3. The Hall–Kier alpha value is -2.70. The van der Waals surface area contributed by atoms with Gasteiger partial charge >= 0.3 is 0 Å². The van der Waals surface area contributed by atoms with Gasteiger partial charge in [0.2, 0.25) is 11.7 Å². The Kier molecular flexibility index (Phi) is 6.27. The van der Waals surface area contributed by atoms with Crippen LogP contribution in [0.1, 0.15) is 19.5 Å². The largest absolute Gasteiger partial charge is 0.493 e. The van der Waals surface area contributed by atoms with Crippen LogP contribution in [-0.4, -0.2) is 37.8 Å². The maximum Gasteiger partial charge on any atom is 0.224 e. The number of hydrogen-bond acceptors (Lipinski definition) is 7. The minimum absolute atomic E-state index is 0.510. The fourth-order valence-corrected chi connectivity index (χ4v) is 2.31. The van der Waals surface area contributed by atoms with E-state index in [0.717, 1.165) is 17.9 Å². The van der Waals surface area contributed by atoms with Gasteiger partial charge in [0.25, 0.3) is 0 Å². The van der Waals surface area contributed by atoms with Gasteiger partial charge in [0.1, 0.15) is 5.82 Å². The van der Waals surface area contributed by atoms with Crippen molar-refractivity contribution in [1.82, 2.24) is 9.97 Å². The summed E-state index contributed by atoms with van der Waals surface area (Å²) >= 11 is 0. The number of aryl methyl sites for hydroxylation is 1. The van der Waals surface area contributed by atoms with Gasteiger partial charge in [-0.05, 0) is 12.8 Å². The van der Waals surface area contributed by atoms with Crippen molar-refractivity contribution in [1.29, 1.82) is 0 Å². The first-order valence-electron chi connectivity index (χ1n) is 8.13. The molecular weight excluding hydrogens is 320 g/mol. The zero-order chi connectivity index (χ0) is 18.4. The molecule has 7 heteroatoms. The highest BCUT2D eigenvalue weighted by Crippen LogP contribution is 2.40. The highest BCUT2D eigenvalue weighted by atomic mass is 16.5. The predicted octanol–water partition coefficient (Wildman–Crippen LogP) is 3.62. The molecule has 1 heterocycles. The number of rotatable bonds is 8. The van der Waals surface area contributed by atoms with E-state index in [2.05, 4.69) is 34.4 Å². The Morgan fingerprint density at radius 2 is 1.60 bits per heavy atom. The van der Waals surface area contributed by atoms with Crippen LogP contribution in [0.4, 0.5) is 17.5 Å². The van der Waals surface area contributed by atoms with Crippen LogP contribution >= 0.6 is 0 Å². The second kappa shape index (κ2) is 8.41. The van der Waals surface area contributed by atoms with Crippen LogP contribution in [0.15, 0.2) is 18.2 Å². The van der Waals surface area contributed by atoms with E-state index >= 15 is 0 Å².